The normalized spacial score (nSPS) is 13.8. The van der Waals surface area contributed by atoms with Gasteiger partial charge in [0, 0.05) is 5.56 Å². The van der Waals surface area contributed by atoms with Gasteiger partial charge in [0.1, 0.15) is 5.76 Å². The average Bonchev–Trinajstić information content (AvgIpc) is 2.90. The Balaban J connectivity index is 2.04. The number of anilines is 3. The number of hydrogen-bond acceptors (Lipinski definition) is 2. The van der Waals surface area contributed by atoms with Gasteiger partial charge in [-0.2, -0.15) is 0 Å². The smallest absolute Gasteiger partial charge is 0.207 e. The molecule has 0 aliphatic carbocycles. The zero-order valence-electron chi connectivity index (χ0n) is 16.4. The molecule has 0 spiro atoms. The standard InChI is InChI=1S/C24H27NO/c1-15-9-10-22-20(13-15)7-6-8-21-14-19(5)26-24(21)25(22)23-17(3)11-16(2)12-18(23)4/h9-14H,6-8H2,1-5H3. The van der Waals surface area contributed by atoms with Gasteiger partial charge in [-0.15, -0.1) is 0 Å². The van der Waals surface area contributed by atoms with Crippen molar-refractivity contribution in [3.8, 4) is 0 Å². The fraction of sp³-hybridized carbons (Fsp3) is 0.333. The van der Waals surface area contributed by atoms with E-state index in [0.717, 1.165) is 30.9 Å². The zero-order chi connectivity index (χ0) is 18.4. The van der Waals surface area contributed by atoms with Gasteiger partial charge in [0.15, 0.2) is 0 Å². The summed E-state index contributed by atoms with van der Waals surface area (Å²) in [5, 5.41) is 0. The maximum atomic E-state index is 6.26. The molecule has 0 saturated heterocycles. The fourth-order valence-electron chi connectivity index (χ4n) is 4.38. The Kier molecular flexibility index (Phi) is 4.14. The third kappa shape index (κ3) is 2.84. The van der Waals surface area contributed by atoms with Crippen LogP contribution < -0.4 is 4.90 Å². The summed E-state index contributed by atoms with van der Waals surface area (Å²) in [5.41, 5.74) is 10.4. The highest BCUT2D eigenvalue weighted by atomic mass is 16.4. The Morgan fingerprint density at radius 2 is 1.46 bits per heavy atom. The van der Waals surface area contributed by atoms with Gasteiger partial charge in [-0.1, -0.05) is 35.4 Å². The second kappa shape index (κ2) is 6.35. The molecular formula is C24H27NO. The summed E-state index contributed by atoms with van der Waals surface area (Å²) in [6.07, 6.45) is 3.31. The quantitative estimate of drug-likeness (QED) is 0.483. The lowest BCUT2D eigenvalue weighted by atomic mass is 9.96. The molecule has 26 heavy (non-hydrogen) atoms. The van der Waals surface area contributed by atoms with Crippen LogP contribution in [-0.4, -0.2) is 0 Å². The Morgan fingerprint density at radius 3 is 2.19 bits per heavy atom. The highest BCUT2D eigenvalue weighted by molar-refractivity contribution is 5.81. The minimum Gasteiger partial charge on any atom is -0.445 e. The van der Waals surface area contributed by atoms with Crippen molar-refractivity contribution >= 4 is 17.3 Å². The molecule has 2 heteroatoms. The lowest BCUT2D eigenvalue weighted by Gasteiger charge is -2.31. The summed E-state index contributed by atoms with van der Waals surface area (Å²) in [5.74, 6) is 1.97. The average molecular weight is 345 g/mol. The molecule has 0 fully saturated rings. The number of fused-ring (bicyclic) bond motifs is 2. The SMILES string of the molecule is Cc1cc(C)c(N2c3ccc(C)cc3CCCc3cc(C)oc32)c(C)c1. The van der Waals surface area contributed by atoms with E-state index in [2.05, 4.69) is 69.0 Å². The molecule has 2 heterocycles. The van der Waals surface area contributed by atoms with Crippen LogP contribution in [0.2, 0.25) is 0 Å². The molecule has 2 aromatic carbocycles. The van der Waals surface area contributed by atoms with Crippen LogP contribution >= 0.6 is 0 Å². The van der Waals surface area contributed by atoms with E-state index in [1.807, 2.05) is 6.92 Å². The highest BCUT2D eigenvalue weighted by Gasteiger charge is 2.26. The van der Waals surface area contributed by atoms with Gasteiger partial charge in [-0.05, 0) is 82.7 Å². The van der Waals surface area contributed by atoms with Gasteiger partial charge >= 0.3 is 0 Å². The van der Waals surface area contributed by atoms with Gasteiger partial charge in [0.05, 0.1) is 11.4 Å². The third-order valence-electron chi connectivity index (χ3n) is 5.34. The predicted octanol–water partition coefficient (Wildman–Crippen LogP) is 6.78. The van der Waals surface area contributed by atoms with Crippen molar-refractivity contribution in [1.82, 2.24) is 0 Å². The van der Waals surface area contributed by atoms with Crippen LogP contribution in [0.25, 0.3) is 0 Å². The van der Waals surface area contributed by atoms with Crippen LogP contribution in [0.3, 0.4) is 0 Å². The number of rotatable bonds is 1. The molecule has 4 rings (SSSR count). The first-order chi connectivity index (χ1) is 12.4. The lowest BCUT2D eigenvalue weighted by Crippen LogP contribution is -2.17. The molecule has 0 bridgehead atoms. The van der Waals surface area contributed by atoms with Crippen LogP contribution in [0.1, 0.15) is 45.6 Å². The minimum atomic E-state index is 0.984. The molecule has 1 aliphatic heterocycles. The van der Waals surface area contributed by atoms with Gasteiger partial charge in [0.25, 0.3) is 0 Å². The first-order valence-corrected chi connectivity index (χ1v) is 9.51. The summed E-state index contributed by atoms with van der Waals surface area (Å²) in [6, 6.07) is 13.6. The highest BCUT2D eigenvalue weighted by Crippen LogP contribution is 2.45. The van der Waals surface area contributed by atoms with Crippen molar-refractivity contribution in [2.24, 2.45) is 0 Å². The van der Waals surface area contributed by atoms with E-state index in [9.17, 15) is 0 Å². The van der Waals surface area contributed by atoms with Crippen LogP contribution in [0.5, 0.6) is 0 Å². The molecule has 2 nitrogen and oxygen atoms in total. The van der Waals surface area contributed by atoms with Crippen molar-refractivity contribution in [3.63, 3.8) is 0 Å². The zero-order valence-corrected chi connectivity index (χ0v) is 16.4. The van der Waals surface area contributed by atoms with E-state index in [0.29, 0.717) is 0 Å². The summed E-state index contributed by atoms with van der Waals surface area (Å²) >= 11 is 0. The lowest BCUT2D eigenvalue weighted by molar-refractivity contribution is 0.537. The Bertz CT molecular complexity index is 957. The number of furan rings is 1. The van der Waals surface area contributed by atoms with Gasteiger partial charge in [-0.3, -0.25) is 4.90 Å². The van der Waals surface area contributed by atoms with Crippen LogP contribution in [-0.2, 0) is 12.8 Å². The van der Waals surface area contributed by atoms with Crippen molar-refractivity contribution in [1.29, 1.82) is 0 Å². The first kappa shape index (κ1) is 17.0. The summed E-state index contributed by atoms with van der Waals surface area (Å²) in [7, 11) is 0. The Hall–Kier alpha value is -2.48. The largest absolute Gasteiger partial charge is 0.445 e. The van der Waals surface area contributed by atoms with Crippen LogP contribution in [0, 0.1) is 34.6 Å². The maximum Gasteiger partial charge on any atom is 0.207 e. The van der Waals surface area contributed by atoms with Crippen LogP contribution in [0.15, 0.2) is 40.8 Å². The number of hydrogen-bond donors (Lipinski definition) is 0. The van der Waals surface area contributed by atoms with E-state index < -0.39 is 0 Å². The number of benzene rings is 2. The molecule has 134 valence electrons. The molecule has 1 aromatic heterocycles. The van der Waals surface area contributed by atoms with E-state index >= 15 is 0 Å². The third-order valence-corrected chi connectivity index (χ3v) is 5.34. The molecule has 0 unspecified atom stereocenters. The second-order valence-corrected chi connectivity index (χ2v) is 7.76. The number of aryl methyl sites for hydroxylation is 7. The maximum absolute atomic E-state index is 6.26. The van der Waals surface area contributed by atoms with E-state index in [4.69, 9.17) is 4.42 Å². The molecule has 0 saturated carbocycles. The van der Waals surface area contributed by atoms with E-state index in [-0.39, 0.29) is 0 Å². The molecule has 1 aliphatic rings. The van der Waals surface area contributed by atoms with Gasteiger partial charge < -0.3 is 4.42 Å². The van der Waals surface area contributed by atoms with Crippen molar-refractivity contribution in [2.45, 2.75) is 53.9 Å². The Labute approximate surface area is 156 Å². The topological polar surface area (TPSA) is 16.4 Å². The van der Waals surface area contributed by atoms with Crippen molar-refractivity contribution in [2.75, 3.05) is 4.90 Å². The van der Waals surface area contributed by atoms with Crippen LogP contribution in [0.4, 0.5) is 17.3 Å². The molecule has 0 N–H and O–H groups in total. The molecular weight excluding hydrogens is 318 g/mol. The molecule has 0 atom stereocenters. The predicted molar refractivity (Wildman–Crippen MR) is 109 cm³/mol. The second-order valence-electron chi connectivity index (χ2n) is 7.76. The molecule has 0 amide bonds. The van der Waals surface area contributed by atoms with Crippen molar-refractivity contribution in [3.05, 3.63) is 75.5 Å². The van der Waals surface area contributed by atoms with Crippen molar-refractivity contribution < 1.29 is 4.42 Å². The summed E-state index contributed by atoms with van der Waals surface area (Å²) < 4.78 is 6.26. The number of nitrogens with zero attached hydrogens (tertiary/aromatic N) is 1. The minimum absolute atomic E-state index is 0.984. The first-order valence-electron chi connectivity index (χ1n) is 9.51. The fourth-order valence-corrected chi connectivity index (χ4v) is 4.38. The van der Waals surface area contributed by atoms with E-state index in [1.54, 1.807) is 0 Å². The van der Waals surface area contributed by atoms with Gasteiger partial charge in [-0.25, -0.2) is 0 Å². The molecule has 3 aromatic rings. The summed E-state index contributed by atoms with van der Waals surface area (Å²) in [6.45, 7) is 10.8. The van der Waals surface area contributed by atoms with Gasteiger partial charge in [0.2, 0.25) is 5.88 Å². The Morgan fingerprint density at radius 1 is 0.769 bits per heavy atom. The summed E-state index contributed by atoms with van der Waals surface area (Å²) in [4.78, 5) is 2.36. The van der Waals surface area contributed by atoms with E-state index in [1.165, 1.54) is 44.8 Å². The molecule has 0 radical (unpaired) electrons. The monoisotopic (exact) mass is 345 g/mol.